The molecule has 108 valence electrons. The van der Waals surface area contributed by atoms with Crippen LogP contribution in [0.4, 0.5) is 5.69 Å². The summed E-state index contributed by atoms with van der Waals surface area (Å²) in [5, 5.41) is 3.23. The summed E-state index contributed by atoms with van der Waals surface area (Å²) in [6.07, 6.45) is 2.49. The molecule has 1 amide bonds. The average molecular weight is 280 g/mol. The molecule has 3 heteroatoms. The zero-order valence-corrected chi connectivity index (χ0v) is 12.2. The van der Waals surface area contributed by atoms with Gasteiger partial charge in [0.25, 0.3) is 0 Å². The molecule has 0 spiro atoms. The Morgan fingerprint density at radius 1 is 1.19 bits per heavy atom. The van der Waals surface area contributed by atoms with Crippen LogP contribution in [-0.2, 0) is 4.79 Å². The molecular formula is C18H20N2O. The summed E-state index contributed by atoms with van der Waals surface area (Å²) in [4.78, 5) is 11.8. The quantitative estimate of drug-likeness (QED) is 0.880. The van der Waals surface area contributed by atoms with Gasteiger partial charge < -0.3 is 11.1 Å². The highest BCUT2D eigenvalue weighted by Crippen LogP contribution is 2.40. The molecule has 0 heterocycles. The maximum atomic E-state index is 11.8. The number of aryl methyl sites for hydroxylation is 1. The van der Waals surface area contributed by atoms with Gasteiger partial charge in [0.15, 0.2) is 0 Å². The molecule has 0 bridgehead atoms. The molecule has 0 aromatic heterocycles. The van der Waals surface area contributed by atoms with Crippen LogP contribution in [-0.4, -0.2) is 5.91 Å². The first-order valence-corrected chi connectivity index (χ1v) is 7.36. The van der Waals surface area contributed by atoms with E-state index in [1.54, 1.807) is 0 Å². The summed E-state index contributed by atoms with van der Waals surface area (Å²) in [5.74, 6) is 0.307. The molecule has 1 aliphatic carbocycles. The van der Waals surface area contributed by atoms with Crippen molar-refractivity contribution in [1.29, 1.82) is 0 Å². The fraction of sp³-hybridized carbons (Fsp3) is 0.278. The van der Waals surface area contributed by atoms with Crippen LogP contribution in [0.1, 0.15) is 41.5 Å². The molecule has 1 unspecified atom stereocenters. The zero-order valence-electron chi connectivity index (χ0n) is 12.2. The monoisotopic (exact) mass is 280 g/mol. The standard InChI is InChI=1S/C18H20N2O/c1-12-5-9-16(10-6-12)20-17(18(19)21)15-4-2-3-14(11-15)13-7-8-13/h2-6,9-11,13,17,20H,7-8H2,1H3,(H2,19,21). The van der Waals surface area contributed by atoms with Crippen LogP contribution in [0.2, 0.25) is 0 Å². The third kappa shape index (κ3) is 3.24. The first kappa shape index (κ1) is 13.7. The van der Waals surface area contributed by atoms with Crippen LogP contribution < -0.4 is 11.1 Å². The first-order chi connectivity index (χ1) is 10.1. The predicted octanol–water partition coefficient (Wildman–Crippen LogP) is 3.51. The minimum absolute atomic E-state index is 0.358. The molecule has 1 aliphatic rings. The van der Waals surface area contributed by atoms with Gasteiger partial charge in [-0.05, 0) is 48.9 Å². The second-order valence-corrected chi connectivity index (χ2v) is 5.79. The van der Waals surface area contributed by atoms with Crippen molar-refractivity contribution < 1.29 is 4.79 Å². The molecule has 21 heavy (non-hydrogen) atoms. The van der Waals surface area contributed by atoms with E-state index in [9.17, 15) is 4.79 Å². The number of amides is 1. The van der Waals surface area contributed by atoms with E-state index in [1.165, 1.54) is 24.0 Å². The van der Waals surface area contributed by atoms with Crippen molar-refractivity contribution in [2.45, 2.75) is 31.7 Å². The van der Waals surface area contributed by atoms with E-state index in [2.05, 4.69) is 17.4 Å². The predicted molar refractivity (Wildman–Crippen MR) is 85.2 cm³/mol. The number of nitrogens with two attached hydrogens (primary N) is 1. The Morgan fingerprint density at radius 3 is 2.52 bits per heavy atom. The van der Waals surface area contributed by atoms with E-state index >= 15 is 0 Å². The number of anilines is 1. The topological polar surface area (TPSA) is 55.1 Å². The number of hydrogen-bond donors (Lipinski definition) is 2. The molecule has 3 nitrogen and oxygen atoms in total. The van der Waals surface area contributed by atoms with Gasteiger partial charge >= 0.3 is 0 Å². The molecule has 2 aromatic rings. The number of carbonyl (C=O) groups excluding carboxylic acids is 1. The highest BCUT2D eigenvalue weighted by Gasteiger charge is 2.25. The van der Waals surface area contributed by atoms with Crippen molar-refractivity contribution in [2.75, 3.05) is 5.32 Å². The molecule has 0 aliphatic heterocycles. The van der Waals surface area contributed by atoms with Gasteiger partial charge in [0.05, 0.1) is 0 Å². The van der Waals surface area contributed by atoms with Crippen molar-refractivity contribution in [3.63, 3.8) is 0 Å². The molecule has 3 rings (SSSR count). The summed E-state index contributed by atoms with van der Waals surface area (Å²) in [5.41, 5.74) is 9.92. The molecule has 2 aromatic carbocycles. The van der Waals surface area contributed by atoms with Gasteiger partial charge in [-0.3, -0.25) is 4.79 Å². The van der Waals surface area contributed by atoms with Gasteiger partial charge in [0, 0.05) is 5.69 Å². The van der Waals surface area contributed by atoms with Crippen molar-refractivity contribution >= 4 is 11.6 Å². The Balaban J connectivity index is 1.85. The van der Waals surface area contributed by atoms with Crippen molar-refractivity contribution in [3.05, 3.63) is 65.2 Å². The Kier molecular flexibility index (Phi) is 3.65. The second-order valence-electron chi connectivity index (χ2n) is 5.79. The van der Waals surface area contributed by atoms with Crippen LogP contribution in [0, 0.1) is 6.92 Å². The van der Waals surface area contributed by atoms with E-state index in [-0.39, 0.29) is 5.91 Å². The van der Waals surface area contributed by atoms with E-state index in [1.807, 2.05) is 43.3 Å². The number of carbonyl (C=O) groups is 1. The van der Waals surface area contributed by atoms with Gasteiger partial charge in [-0.25, -0.2) is 0 Å². The van der Waals surface area contributed by atoms with Gasteiger partial charge in [-0.1, -0.05) is 42.0 Å². The summed E-state index contributed by atoms with van der Waals surface area (Å²) >= 11 is 0. The lowest BCUT2D eigenvalue weighted by molar-refractivity contribution is -0.118. The molecule has 1 fully saturated rings. The summed E-state index contributed by atoms with van der Waals surface area (Å²) < 4.78 is 0. The Bertz CT molecular complexity index is 645. The molecule has 1 atom stereocenters. The number of benzene rings is 2. The summed E-state index contributed by atoms with van der Waals surface area (Å²) in [6, 6.07) is 15.7. The van der Waals surface area contributed by atoms with Gasteiger partial charge in [-0.2, -0.15) is 0 Å². The molecular weight excluding hydrogens is 260 g/mol. The summed E-state index contributed by atoms with van der Waals surface area (Å²) in [6.45, 7) is 2.04. The maximum Gasteiger partial charge on any atom is 0.244 e. The van der Waals surface area contributed by atoms with Gasteiger partial charge in [-0.15, -0.1) is 0 Å². The van der Waals surface area contributed by atoms with Crippen LogP contribution in [0.25, 0.3) is 0 Å². The molecule has 0 saturated heterocycles. The van der Waals surface area contributed by atoms with Crippen LogP contribution >= 0.6 is 0 Å². The van der Waals surface area contributed by atoms with E-state index in [4.69, 9.17) is 5.73 Å². The third-order valence-electron chi connectivity index (χ3n) is 3.94. The van der Waals surface area contributed by atoms with Gasteiger partial charge in [0.2, 0.25) is 5.91 Å². The smallest absolute Gasteiger partial charge is 0.244 e. The largest absolute Gasteiger partial charge is 0.370 e. The van der Waals surface area contributed by atoms with Crippen molar-refractivity contribution in [2.24, 2.45) is 5.73 Å². The summed E-state index contributed by atoms with van der Waals surface area (Å²) in [7, 11) is 0. The zero-order chi connectivity index (χ0) is 14.8. The number of rotatable bonds is 5. The van der Waals surface area contributed by atoms with Crippen LogP contribution in [0.5, 0.6) is 0 Å². The highest BCUT2D eigenvalue weighted by molar-refractivity contribution is 5.84. The average Bonchev–Trinajstić information content (AvgIpc) is 3.31. The Hall–Kier alpha value is -2.29. The molecule has 0 radical (unpaired) electrons. The van der Waals surface area contributed by atoms with E-state index in [0.717, 1.165) is 11.3 Å². The normalized spacial score (nSPS) is 15.5. The van der Waals surface area contributed by atoms with E-state index in [0.29, 0.717) is 5.92 Å². The first-order valence-electron chi connectivity index (χ1n) is 7.36. The van der Waals surface area contributed by atoms with E-state index < -0.39 is 6.04 Å². The lowest BCUT2D eigenvalue weighted by atomic mass is 10.0. The minimum atomic E-state index is -0.494. The van der Waals surface area contributed by atoms with Crippen LogP contribution in [0.15, 0.2) is 48.5 Å². The Morgan fingerprint density at radius 2 is 1.90 bits per heavy atom. The molecule has 3 N–H and O–H groups in total. The maximum absolute atomic E-state index is 11.8. The van der Waals surface area contributed by atoms with Crippen molar-refractivity contribution in [1.82, 2.24) is 0 Å². The molecule has 1 saturated carbocycles. The third-order valence-corrected chi connectivity index (χ3v) is 3.94. The fourth-order valence-electron chi connectivity index (χ4n) is 2.54. The number of nitrogens with one attached hydrogen (secondary N) is 1. The Labute approximate surface area is 125 Å². The van der Waals surface area contributed by atoms with Gasteiger partial charge in [0.1, 0.15) is 6.04 Å². The SMILES string of the molecule is Cc1ccc(NC(C(N)=O)c2cccc(C3CC3)c2)cc1. The number of primary amides is 1. The minimum Gasteiger partial charge on any atom is -0.370 e. The highest BCUT2D eigenvalue weighted by atomic mass is 16.1. The van der Waals surface area contributed by atoms with Crippen molar-refractivity contribution in [3.8, 4) is 0 Å². The second kappa shape index (κ2) is 5.60. The lowest BCUT2D eigenvalue weighted by Crippen LogP contribution is -2.27. The lowest BCUT2D eigenvalue weighted by Gasteiger charge is -2.18. The number of hydrogen-bond acceptors (Lipinski definition) is 2. The van der Waals surface area contributed by atoms with Crippen LogP contribution in [0.3, 0.4) is 0 Å². The fourth-order valence-corrected chi connectivity index (χ4v) is 2.54.